The third-order valence-corrected chi connectivity index (χ3v) is 9.76. The maximum atomic E-state index is 14.5. The lowest BCUT2D eigenvalue weighted by Crippen LogP contribution is -2.51. The number of hydrogen-bond acceptors (Lipinski definition) is 4. The van der Waals surface area contributed by atoms with E-state index in [4.69, 9.17) is 21.3 Å². The highest BCUT2D eigenvalue weighted by molar-refractivity contribution is 6.32. The van der Waals surface area contributed by atoms with Crippen LogP contribution in [0.1, 0.15) is 72.1 Å². The molecular formula is C32H29ClFNO3. The van der Waals surface area contributed by atoms with Crippen LogP contribution in [0.5, 0.6) is 0 Å². The third kappa shape index (κ3) is 3.89. The zero-order valence-electron chi connectivity index (χ0n) is 21.1. The molecule has 4 bridgehead atoms. The standard InChI is InChI=1S/C32H29ClFNO3/c33-25-5-3-6-26(34)24(25)13-21-8-9-23-29(22-4-1-2-7-27(22)35-30(21)23)31(37)38-17-28(36)32-14-18-10-19(15-32)12-20(11-18)16-32/h1-7,13,18-20H,8-12,14-17H2/b21-13-. The lowest BCUT2D eigenvalue weighted by molar-refractivity contribution is -0.147. The highest BCUT2D eigenvalue weighted by Crippen LogP contribution is 2.60. The van der Waals surface area contributed by atoms with E-state index in [1.54, 1.807) is 18.2 Å². The monoisotopic (exact) mass is 529 g/mol. The van der Waals surface area contributed by atoms with E-state index >= 15 is 0 Å². The van der Waals surface area contributed by atoms with Crippen molar-refractivity contribution in [1.29, 1.82) is 0 Å². The topological polar surface area (TPSA) is 56.3 Å². The summed E-state index contributed by atoms with van der Waals surface area (Å²) in [6.07, 6.45) is 9.56. The van der Waals surface area contributed by atoms with E-state index in [-0.39, 0.29) is 17.8 Å². The molecule has 194 valence electrons. The summed E-state index contributed by atoms with van der Waals surface area (Å²) in [6.45, 7) is -0.177. The SMILES string of the molecule is O=C(OCC(=O)C12CC3CC(CC(C3)C1)C2)c1c2c(nc3ccccc13)/C(=C\c1c(F)cccc1Cl)CC2. The molecule has 4 nitrogen and oxygen atoms in total. The molecule has 38 heavy (non-hydrogen) atoms. The number of rotatable bonds is 5. The van der Waals surface area contributed by atoms with Gasteiger partial charge in [-0.3, -0.25) is 4.79 Å². The molecule has 0 saturated heterocycles. The van der Waals surface area contributed by atoms with Crippen molar-refractivity contribution in [1.82, 2.24) is 4.98 Å². The molecule has 0 spiro atoms. The lowest BCUT2D eigenvalue weighted by atomic mass is 9.48. The first-order chi connectivity index (χ1) is 18.4. The van der Waals surface area contributed by atoms with Crippen LogP contribution in [-0.4, -0.2) is 23.3 Å². The number of ether oxygens (including phenoxy) is 1. The molecule has 5 aliphatic rings. The summed E-state index contributed by atoms with van der Waals surface area (Å²) >= 11 is 6.28. The van der Waals surface area contributed by atoms with Crippen LogP contribution in [0, 0.1) is 29.0 Å². The Morgan fingerprint density at radius 2 is 1.71 bits per heavy atom. The summed E-state index contributed by atoms with van der Waals surface area (Å²) in [4.78, 5) is 32.0. The van der Waals surface area contributed by atoms with Crippen LogP contribution in [-0.2, 0) is 16.0 Å². The van der Waals surface area contributed by atoms with Crippen molar-refractivity contribution in [2.75, 3.05) is 6.61 Å². The molecule has 8 rings (SSSR count). The lowest BCUT2D eigenvalue weighted by Gasteiger charge is -2.55. The van der Waals surface area contributed by atoms with Gasteiger partial charge in [0.1, 0.15) is 5.82 Å². The molecule has 5 aliphatic carbocycles. The average molecular weight is 530 g/mol. The minimum absolute atomic E-state index is 0.0923. The van der Waals surface area contributed by atoms with Crippen LogP contribution in [0.3, 0.4) is 0 Å². The average Bonchev–Trinajstić information content (AvgIpc) is 3.29. The second kappa shape index (κ2) is 9.01. The molecule has 0 unspecified atom stereocenters. The number of fused-ring (bicyclic) bond motifs is 2. The van der Waals surface area contributed by atoms with E-state index in [9.17, 15) is 14.0 Å². The summed E-state index contributed by atoms with van der Waals surface area (Å²) in [5.74, 6) is 1.17. The Bertz CT molecular complexity index is 1470. The van der Waals surface area contributed by atoms with Gasteiger partial charge in [0.2, 0.25) is 0 Å². The number of ketones is 1. The van der Waals surface area contributed by atoms with Crippen LogP contribution >= 0.6 is 11.6 Å². The number of hydrogen-bond donors (Lipinski definition) is 0. The van der Waals surface area contributed by atoms with Gasteiger partial charge < -0.3 is 4.74 Å². The second-order valence-electron chi connectivity index (χ2n) is 11.8. The van der Waals surface area contributed by atoms with Gasteiger partial charge in [-0.25, -0.2) is 14.2 Å². The molecule has 4 saturated carbocycles. The van der Waals surface area contributed by atoms with Crippen molar-refractivity contribution in [3.8, 4) is 0 Å². The number of carbonyl (C=O) groups excluding carboxylic acids is 2. The van der Waals surface area contributed by atoms with E-state index < -0.39 is 11.8 Å². The molecule has 4 fully saturated rings. The van der Waals surface area contributed by atoms with Gasteiger partial charge in [0, 0.05) is 16.4 Å². The van der Waals surface area contributed by atoms with Gasteiger partial charge in [-0.2, -0.15) is 0 Å². The first-order valence-corrected chi connectivity index (χ1v) is 14.0. The van der Waals surface area contributed by atoms with Crippen LogP contribution in [0.2, 0.25) is 5.02 Å². The number of esters is 1. The fourth-order valence-corrected chi connectivity index (χ4v) is 8.36. The van der Waals surface area contributed by atoms with Gasteiger partial charge in [-0.1, -0.05) is 35.9 Å². The van der Waals surface area contributed by atoms with Crippen molar-refractivity contribution in [3.05, 3.63) is 75.7 Å². The molecule has 1 aromatic heterocycles. The highest BCUT2D eigenvalue weighted by atomic mass is 35.5. The van der Waals surface area contributed by atoms with Crippen molar-refractivity contribution < 1.29 is 18.7 Å². The van der Waals surface area contributed by atoms with Crippen molar-refractivity contribution in [2.45, 2.75) is 51.4 Å². The molecule has 0 amide bonds. The molecule has 0 aliphatic heterocycles. The Morgan fingerprint density at radius 1 is 1.00 bits per heavy atom. The number of allylic oxidation sites excluding steroid dienone is 1. The summed E-state index contributed by atoms with van der Waals surface area (Å²) in [5.41, 5.74) is 3.43. The van der Waals surface area contributed by atoms with Gasteiger partial charge in [-0.15, -0.1) is 0 Å². The molecule has 0 atom stereocenters. The van der Waals surface area contributed by atoms with Crippen molar-refractivity contribution >= 4 is 45.9 Å². The summed E-state index contributed by atoms with van der Waals surface area (Å²) in [6, 6.07) is 12.1. The summed E-state index contributed by atoms with van der Waals surface area (Å²) in [7, 11) is 0. The number of halogens is 2. The van der Waals surface area contributed by atoms with Crippen LogP contribution in [0.4, 0.5) is 4.39 Å². The number of pyridine rings is 1. The molecule has 0 N–H and O–H groups in total. The van der Waals surface area contributed by atoms with Crippen molar-refractivity contribution in [3.63, 3.8) is 0 Å². The predicted octanol–water partition coefficient (Wildman–Crippen LogP) is 7.46. The van der Waals surface area contributed by atoms with E-state index in [2.05, 4.69) is 0 Å². The Labute approximate surface area is 226 Å². The van der Waals surface area contributed by atoms with Crippen molar-refractivity contribution in [2.24, 2.45) is 23.2 Å². The van der Waals surface area contributed by atoms with Gasteiger partial charge in [0.25, 0.3) is 0 Å². The van der Waals surface area contributed by atoms with Crippen LogP contribution in [0.15, 0.2) is 42.5 Å². The fourth-order valence-electron chi connectivity index (χ4n) is 8.14. The zero-order valence-corrected chi connectivity index (χ0v) is 21.9. The van der Waals surface area contributed by atoms with E-state index in [0.29, 0.717) is 63.3 Å². The van der Waals surface area contributed by atoms with E-state index in [0.717, 1.165) is 30.4 Å². The van der Waals surface area contributed by atoms with Crippen LogP contribution < -0.4 is 0 Å². The van der Waals surface area contributed by atoms with Gasteiger partial charge in [0.05, 0.1) is 21.8 Å². The third-order valence-electron chi connectivity index (χ3n) is 9.43. The molecule has 3 aromatic rings. The zero-order chi connectivity index (χ0) is 26.0. The number of benzene rings is 2. The Hall–Kier alpha value is -3.05. The molecular weight excluding hydrogens is 501 g/mol. The molecule has 2 aromatic carbocycles. The van der Waals surface area contributed by atoms with Gasteiger partial charge in [-0.05, 0) is 105 Å². The Morgan fingerprint density at radius 3 is 2.42 bits per heavy atom. The highest BCUT2D eigenvalue weighted by Gasteiger charge is 2.54. The number of para-hydroxylation sites is 1. The molecule has 6 heteroatoms. The number of Topliss-reactive ketones (excluding diaryl/α,β-unsaturated/α-hetero) is 1. The summed E-state index contributed by atoms with van der Waals surface area (Å²) < 4.78 is 20.3. The first kappa shape index (κ1) is 24.0. The minimum atomic E-state index is -0.483. The summed E-state index contributed by atoms with van der Waals surface area (Å²) in [5, 5.41) is 1.04. The smallest absolute Gasteiger partial charge is 0.339 e. The molecule has 1 heterocycles. The second-order valence-corrected chi connectivity index (χ2v) is 12.2. The maximum absolute atomic E-state index is 14.5. The maximum Gasteiger partial charge on any atom is 0.339 e. The number of nitrogens with zero attached hydrogens (tertiary/aromatic N) is 1. The number of aromatic nitrogens is 1. The normalized spacial score (nSPS) is 28.2. The Kier molecular flexibility index (Phi) is 5.70. The number of carbonyl (C=O) groups is 2. The first-order valence-electron chi connectivity index (χ1n) is 13.7. The van der Waals surface area contributed by atoms with E-state index in [1.165, 1.54) is 25.3 Å². The quantitative estimate of drug-likeness (QED) is 0.322. The largest absolute Gasteiger partial charge is 0.454 e. The van der Waals surface area contributed by atoms with Gasteiger partial charge >= 0.3 is 5.97 Å². The fraction of sp³-hybridized carbons (Fsp3) is 0.406. The predicted molar refractivity (Wildman–Crippen MR) is 145 cm³/mol. The van der Waals surface area contributed by atoms with E-state index in [1.807, 2.05) is 24.3 Å². The van der Waals surface area contributed by atoms with Crippen LogP contribution in [0.25, 0.3) is 22.6 Å². The minimum Gasteiger partial charge on any atom is -0.454 e. The molecule has 0 radical (unpaired) electrons. The van der Waals surface area contributed by atoms with Gasteiger partial charge in [0.15, 0.2) is 12.4 Å². The Balaban J connectivity index is 1.20.